The number of ketones is 1. The molecule has 0 radical (unpaired) electrons. The Balaban J connectivity index is 1.83. The Morgan fingerprint density at radius 3 is 2.62 bits per heavy atom. The average Bonchev–Trinajstić information content (AvgIpc) is 2.76. The minimum atomic E-state index is -3.84. The molecule has 1 saturated carbocycles. The Labute approximate surface area is 152 Å². The van der Waals surface area contributed by atoms with Gasteiger partial charge in [0.15, 0.2) is 0 Å². The third kappa shape index (κ3) is 2.23. The number of Topliss-reactive ketones (excluding diaryl/α,β-unsaturated/α-hetero) is 1. The van der Waals surface area contributed by atoms with Crippen LogP contribution in [0.1, 0.15) is 24.8 Å². The smallest absolute Gasteiger partial charge is 0.314 e. The SMILES string of the molecule is C=CCC12C(=O)OC3CN(S(=O)(=O)c4ccc(C)cc4)C1CC(=O)CC32. The van der Waals surface area contributed by atoms with Crippen molar-refractivity contribution in [3.8, 4) is 0 Å². The molecule has 138 valence electrons. The van der Waals surface area contributed by atoms with Gasteiger partial charge in [-0.3, -0.25) is 9.59 Å². The zero-order chi connectivity index (χ0) is 18.7. The van der Waals surface area contributed by atoms with E-state index >= 15 is 0 Å². The lowest BCUT2D eigenvalue weighted by Gasteiger charge is -2.50. The molecule has 3 fully saturated rings. The van der Waals surface area contributed by atoms with Crippen molar-refractivity contribution >= 4 is 21.8 Å². The highest BCUT2D eigenvalue weighted by Gasteiger charge is 2.69. The standard InChI is InChI=1S/C19H21NO5S/c1-3-8-19-15-9-13(21)10-17(19)20(11-16(15)25-18(19)22)26(23,24)14-6-4-12(2)5-7-14/h3-7,15-17H,1,8-11H2,2H3. The molecule has 26 heavy (non-hydrogen) atoms. The predicted molar refractivity (Wildman–Crippen MR) is 93.7 cm³/mol. The number of rotatable bonds is 4. The summed E-state index contributed by atoms with van der Waals surface area (Å²) in [6.07, 6.45) is 1.66. The number of nitrogens with zero attached hydrogens (tertiary/aromatic N) is 1. The van der Waals surface area contributed by atoms with Gasteiger partial charge >= 0.3 is 5.97 Å². The third-order valence-electron chi connectivity index (χ3n) is 6.03. The van der Waals surface area contributed by atoms with Gasteiger partial charge in [0.1, 0.15) is 11.9 Å². The molecule has 6 nitrogen and oxygen atoms in total. The van der Waals surface area contributed by atoms with Crippen LogP contribution in [0.3, 0.4) is 0 Å². The molecule has 0 spiro atoms. The quantitative estimate of drug-likeness (QED) is 0.592. The van der Waals surface area contributed by atoms with Crippen LogP contribution < -0.4 is 0 Å². The van der Waals surface area contributed by atoms with E-state index in [1.165, 1.54) is 4.31 Å². The first-order chi connectivity index (χ1) is 12.3. The second-order valence-corrected chi connectivity index (χ2v) is 9.32. The van der Waals surface area contributed by atoms with Crippen LogP contribution in [0.5, 0.6) is 0 Å². The van der Waals surface area contributed by atoms with Gasteiger partial charge in [0.2, 0.25) is 10.0 Å². The number of benzene rings is 1. The first kappa shape index (κ1) is 17.4. The van der Waals surface area contributed by atoms with E-state index in [1.54, 1.807) is 30.3 Å². The molecule has 4 rings (SSSR count). The Hall–Kier alpha value is -1.99. The van der Waals surface area contributed by atoms with E-state index < -0.39 is 33.6 Å². The van der Waals surface area contributed by atoms with Gasteiger partial charge in [-0.1, -0.05) is 23.8 Å². The molecule has 1 aromatic rings. The van der Waals surface area contributed by atoms with E-state index in [0.717, 1.165) is 5.56 Å². The number of hydrogen-bond donors (Lipinski definition) is 0. The maximum Gasteiger partial charge on any atom is 0.314 e. The number of hydrogen-bond acceptors (Lipinski definition) is 5. The first-order valence-corrected chi connectivity index (χ1v) is 10.2. The zero-order valence-electron chi connectivity index (χ0n) is 14.6. The molecule has 2 saturated heterocycles. The summed E-state index contributed by atoms with van der Waals surface area (Å²) in [6.45, 7) is 5.72. The second-order valence-electron chi connectivity index (χ2n) is 7.43. The highest BCUT2D eigenvalue weighted by Crippen LogP contribution is 2.57. The lowest BCUT2D eigenvalue weighted by Crippen LogP contribution is -2.64. The van der Waals surface area contributed by atoms with E-state index in [-0.39, 0.29) is 36.0 Å². The Morgan fingerprint density at radius 2 is 1.96 bits per heavy atom. The normalized spacial score (nSPS) is 33.8. The number of esters is 1. The van der Waals surface area contributed by atoms with Gasteiger partial charge in [0.05, 0.1) is 16.9 Å². The van der Waals surface area contributed by atoms with Crippen LogP contribution >= 0.6 is 0 Å². The van der Waals surface area contributed by atoms with Crippen molar-refractivity contribution in [2.75, 3.05) is 6.54 Å². The van der Waals surface area contributed by atoms with Crippen molar-refractivity contribution in [3.63, 3.8) is 0 Å². The molecule has 1 aromatic carbocycles. The average molecular weight is 375 g/mol. The number of sulfonamides is 1. The molecule has 4 bridgehead atoms. The lowest BCUT2D eigenvalue weighted by molar-refractivity contribution is -0.149. The van der Waals surface area contributed by atoms with Crippen LogP contribution in [0, 0.1) is 18.3 Å². The topological polar surface area (TPSA) is 80.8 Å². The number of carbonyl (C=O) groups excluding carboxylic acids is 2. The molecule has 1 aliphatic carbocycles. The number of piperidine rings is 1. The molecular formula is C19H21NO5S. The number of aryl methyl sites for hydroxylation is 1. The summed E-state index contributed by atoms with van der Waals surface area (Å²) in [5.74, 6) is -0.693. The van der Waals surface area contributed by atoms with E-state index in [2.05, 4.69) is 6.58 Å². The van der Waals surface area contributed by atoms with Crippen molar-refractivity contribution in [3.05, 3.63) is 42.5 Å². The lowest BCUT2D eigenvalue weighted by atomic mass is 9.59. The molecule has 2 aliphatic heterocycles. The molecule has 7 heteroatoms. The van der Waals surface area contributed by atoms with Gasteiger partial charge in [0, 0.05) is 24.8 Å². The molecule has 2 heterocycles. The van der Waals surface area contributed by atoms with Crippen LogP contribution in [-0.2, 0) is 24.3 Å². The fourth-order valence-electron chi connectivity index (χ4n) is 4.78. The highest BCUT2D eigenvalue weighted by molar-refractivity contribution is 7.89. The molecule has 4 unspecified atom stereocenters. The molecule has 0 amide bonds. The number of ether oxygens (including phenoxy) is 1. The molecule has 0 N–H and O–H groups in total. The van der Waals surface area contributed by atoms with Crippen molar-refractivity contribution < 1.29 is 22.7 Å². The van der Waals surface area contributed by atoms with Gasteiger partial charge in [-0.15, -0.1) is 6.58 Å². The summed E-state index contributed by atoms with van der Waals surface area (Å²) in [5, 5.41) is 0. The maximum absolute atomic E-state index is 13.3. The van der Waals surface area contributed by atoms with Crippen LogP contribution in [0.2, 0.25) is 0 Å². The van der Waals surface area contributed by atoms with Gasteiger partial charge < -0.3 is 4.74 Å². The van der Waals surface area contributed by atoms with Crippen LogP contribution in [-0.4, -0.2) is 43.2 Å². The van der Waals surface area contributed by atoms with E-state index in [0.29, 0.717) is 6.42 Å². The van der Waals surface area contributed by atoms with E-state index in [9.17, 15) is 18.0 Å². The van der Waals surface area contributed by atoms with Crippen molar-refractivity contribution in [2.45, 2.75) is 43.2 Å². The van der Waals surface area contributed by atoms with E-state index in [1.807, 2.05) is 6.92 Å². The van der Waals surface area contributed by atoms with Crippen LogP contribution in [0.15, 0.2) is 41.8 Å². The van der Waals surface area contributed by atoms with Gasteiger partial charge in [-0.2, -0.15) is 4.31 Å². The third-order valence-corrected chi connectivity index (χ3v) is 7.92. The van der Waals surface area contributed by atoms with E-state index in [4.69, 9.17) is 4.74 Å². The number of carbonyl (C=O) groups is 2. The fraction of sp³-hybridized carbons (Fsp3) is 0.474. The Morgan fingerprint density at radius 1 is 1.27 bits per heavy atom. The summed E-state index contributed by atoms with van der Waals surface area (Å²) >= 11 is 0. The fourth-order valence-corrected chi connectivity index (χ4v) is 6.48. The molecular weight excluding hydrogens is 354 g/mol. The largest absolute Gasteiger partial charge is 0.460 e. The van der Waals surface area contributed by atoms with Gasteiger partial charge in [-0.25, -0.2) is 8.42 Å². The minimum Gasteiger partial charge on any atom is -0.460 e. The van der Waals surface area contributed by atoms with Gasteiger partial charge in [0.25, 0.3) is 0 Å². The Kier molecular flexibility index (Phi) is 3.86. The summed E-state index contributed by atoms with van der Waals surface area (Å²) < 4.78 is 33.5. The minimum absolute atomic E-state index is 0.0215. The van der Waals surface area contributed by atoms with Crippen molar-refractivity contribution in [2.24, 2.45) is 11.3 Å². The molecule has 4 atom stereocenters. The zero-order valence-corrected chi connectivity index (χ0v) is 15.4. The van der Waals surface area contributed by atoms with Crippen molar-refractivity contribution in [1.82, 2.24) is 4.31 Å². The van der Waals surface area contributed by atoms with Crippen molar-refractivity contribution in [1.29, 1.82) is 0 Å². The van der Waals surface area contributed by atoms with Gasteiger partial charge in [-0.05, 0) is 25.5 Å². The summed E-state index contributed by atoms with van der Waals surface area (Å²) in [7, 11) is -3.84. The highest BCUT2D eigenvalue weighted by atomic mass is 32.2. The number of allylic oxidation sites excluding steroid dienone is 1. The summed E-state index contributed by atoms with van der Waals surface area (Å²) in [4.78, 5) is 25.2. The maximum atomic E-state index is 13.3. The predicted octanol–water partition coefficient (Wildman–Crippen LogP) is 1.83. The molecule has 3 aliphatic rings. The monoisotopic (exact) mass is 375 g/mol. The summed E-state index contributed by atoms with van der Waals surface area (Å²) in [6, 6.07) is 5.88. The second kappa shape index (κ2) is 5.76. The van der Waals surface area contributed by atoms with Crippen LogP contribution in [0.25, 0.3) is 0 Å². The van der Waals surface area contributed by atoms with Crippen LogP contribution in [0.4, 0.5) is 0 Å². The molecule has 0 aromatic heterocycles. The Bertz CT molecular complexity index is 891. The summed E-state index contributed by atoms with van der Waals surface area (Å²) in [5.41, 5.74) is -0.0479. The first-order valence-electron chi connectivity index (χ1n) is 8.73.